The van der Waals surface area contributed by atoms with E-state index in [1.807, 2.05) is 12.1 Å². The van der Waals surface area contributed by atoms with Crippen LogP contribution in [0.2, 0.25) is 5.02 Å². The SMILES string of the molecule is O=C(F)c1ccc(-c2ccc(Cl)cc2)cn1. The van der Waals surface area contributed by atoms with Crippen LogP contribution < -0.4 is 0 Å². The first-order chi connectivity index (χ1) is 7.66. The van der Waals surface area contributed by atoms with E-state index in [2.05, 4.69) is 4.98 Å². The van der Waals surface area contributed by atoms with Gasteiger partial charge in [-0.25, -0.2) is 4.98 Å². The molecule has 0 spiro atoms. The van der Waals surface area contributed by atoms with Crippen molar-refractivity contribution in [3.63, 3.8) is 0 Å². The first-order valence-corrected chi connectivity index (χ1v) is 4.96. The predicted molar refractivity (Wildman–Crippen MR) is 60.1 cm³/mol. The molecular weight excluding hydrogens is 229 g/mol. The quantitative estimate of drug-likeness (QED) is 0.746. The van der Waals surface area contributed by atoms with Crippen molar-refractivity contribution in [3.8, 4) is 11.1 Å². The minimum atomic E-state index is -1.53. The summed E-state index contributed by atoms with van der Waals surface area (Å²) in [6, 6.07) is 8.64. The van der Waals surface area contributed by atoms with Crippen molar-refractivity contribution in [1.29, 1.82) is 0 Å². The molecule has 16 heavy (non-hydrogen) atoms. The van der Waals surface area contributed by atoms with Crippen LogP contribution >= 0.6 is 11.6 Å². The highest BCUT2D eigenvalue weighted by molar-refractivity contribution is 6.30. The highest BCUT2D eigenvalue weighted by Crippen LogP contribution is 2.20. The minimum absolute atomic E-state index is 0.183. The van der Waals surface area contributed by atoms with E-state index < -0.39 is 6.04 Å². The number of halogens is 2. The molecule has 0 aliphatic carbocycles. The Labute approximate surface area is 96.7 Å². The fourth-order valence-corrected chi connectivity index (χ4v) is 1.45. The molecule has 1 aromatic carbocycles. The maximum absolute atomic E-state index is 12.3. The van der Waals surface area contributed by atoms with Crippen LogP contribution in [-0.4, -0.2) is 11.0 Å². The van der Waals surface area contributed by atoms with Crippen molar-refractivity contribution in [2.24, 2.45) is 0 Å². The number of nitrogens with zero attached hydrogens (tertiary/aromatic N) is 1. The van der Waals surface area contributed by atoms with Gasteiger partial charge in [0.15, 0.2) is 0 Å². The van der Waals surface area contributed by atoms with E-state index in [1.54, 1.807) is 18.2 Å². The fraction of sp³-hybridized carbons (Fsp3) is 0. The van der Waals surface area contributed by atoms with Crippen LogP contribution in [0.5, 0.6) is 0 Å². The van der Waals surface area contributed by atoms with Gasteiger partial charge in [0, 0.05) is 16.8 Å². The van der Waals surface area contributed by atoms with Crippen molar-refractivity contribution in [1.82, 2.24) is 4.98 Å². The standard InChI is InChI=1S/C12H7ClFNO/c13-10-4-1-8(2-5-10)9-3-6-11(12(14)16)15-7-9/h1-7H. The van der Waals surface area contributed by atoms with E-state index >= 15 is 0 Å². The normalized spacial score (nSPS) is 10.1. The maximum Gasteiger partial charge on any atom is 0.350 e. The molecule has 0 saturated heterocycles. The van der Waals surface area contributed by atoms with Crippen LogP contribution in [0, 0.1) is 0 Å². The first-order valence-electron chi connectivity index (χ1n) is 4.58. The van der Waals surface area contributed by atoms with Gasteiger partial charge in [0.1, 0.15) is 5.69 Å². The Hall–Kier alpha value is -1.74. The average molecular weight is 236 g/mol. The lowest BCUT2D eigenvalue weighted by Crippen LogP contribution is -1.93. The molecule has 0 unspecified atom stereocenters. The van der Waals surface area contributed by atoms with Crippen molar-refractivity contribution >= 4 is 17.6 Å². The monoisotopic (exact) mass is 235 g/mol. The van der Waals surface area contributed by atoms with Crippen molar-refractivity contribution in [3.05, 3.63) is 53.3 Å². The van der Waals surface area contributed by atoms with Crippen molar-refractivity contribution in [2.75, 3.05) is 0 Å². The molecule has 0 aliphatic rings. The highest BCUT2D eigenvalue weighted by atomic mass is 35.5. The number of carbonyl (C=O) groups excluding carboxylic acids is 1. The zero-order valence-corrected chi connectivity index (χ0v) is 8.91. The Morgan fingerprint density at radius 1 is 1.06 bits per heavy atom. The molecule has 0 aliphatic heterocycles. The van der Waals surface area contributed by atoms with Gasteiger partial charge >= 0.3 is 6.04 Å². The summed E-state index contributed by atoms with van der Waals surface area (Å²) in [4.78, 5) is 14.1. The molecule has 0 bridgehead atoms. The van der Waals surface area contributed by atoms with Crippen LogP contribution in [0.1, 0.15) is 10.5 Å². The molecule has 0 radical (unpaired) electrons. The van der Waals surface area contributed by atoms with Crippen molar-refractivity contribution in [2.45, 2.75) is 0 Å². The van der Waals surface area contributed by atoms with Crippen LogP contribution in [0.25, 0.3) is 11.1 Å². The number of rotatable bonds is 2. The lowest BCUT2D eigenvalue weighted by atomic mass is 10.1. The topological polar surface area (TPSA) is 30.0 Å². The molecule has 0 fully saturated rings. The van der Waals surface area contributed by atoms with Gasteiger partial charge in [-0.15, -0.1) is 0 Å². The zero-order valence-electron chi connectivity index (χ0n) is 8.15. The number of hydrogen-bond donors (Lipinski definition) is 0. The van der Waals surface area contributed by atoms with Gasteiger partial charge in [-0.05, 0) is 23.8 Å². The Bertz CT molecular complexity index is 508. The van der Waals surface area contributed by atoms with Gasteiger partial charge < -0.3 is 0 Å². The highest BCUT2D eigenvalue weighted by Gasteiger charge is 2.05. The van der Waals surface area contributed by atoms with E-state index in [9.17, 15) is 9.18 Å². The second-order valence-corrected chi connectivity index (χ2v) is 3.65. The molecule has 2 aromatic rings. The first kappa shape index (κ1) is 10.8. The number of benzene rings is 1. The number of carbonyl (C=O) groups is 1. The third-order valence-electron chi connectivity index (χ3n) is 2.14. The van der Waals surface area contributed by atoms with Gasteiger partial charge in [-0.1, -0.05) is 29.8 Å². The fourth-order valence-electron chi connectivity index (χ4n) is 1.32. The molecule has 80 valence electrons. The van der Waals surface area contributed by atoms with Crippen molar-refractivity contribution < 1.29 is 9.18 Å². The van der Waals surface area contributed by atoms with Crippen LogP contribution in [0.3, 0.4) is 0 Å². The second kappa shape index (κ2) is 4.41. The molecule has 0 atom stereocenters. The summed E-state index contributed by atoms with van der Waals surface area (Å²) in [6.45, 7) is 0. The maximum atomic E-state index is 12.3. The summed E-state index contributed by atoms with van der Waals surface area (Å²) in [5.74, 6) is 0. The van der Waals surface area contributed by atoms with Gasteiger partial charge in [0.25, 0.3) is 0 Å². The average Bonchev–Trinajstić information content (AvgIpc) is 2.30. The Morgan fingerprint density at radius 2 is 1.69 bits per heavy atom. The predicted octanol–water partition coefficient (Wildman–Crippen LogP) is 3.51. The Balaban J connectivity index is 2.34. The summed E-state index contributed by atoms with van der Waals surface area (Å²) in [7, 11) is 0. The molecule has 0 saturated carbocycles. The molecule has 1 heterocycles. The third kappa shape index (κ3) is 2.25. The van der Waals surface area contributed by atoms with Gasteiger partial charge in [-0.2, -0.15) is 4.39 Å². The van der Waals surface area contributed by atoms with Crippen LogP contribution in [0.15, 0.2) is 42.6 Å². The molecule has 0 N–H and O–H groups in total. The summed E-state index contributed by atoms with van der Waals surface area (Å²) >= 11 is 5.76. The molecule has 4 heteroatoms. The summed E-state index contributed by atoms with van der Waals surface area (Å²) in [5.41, 5.74) is 1.54. The van der Waals surface area contributed by atoms with Crippen LogP contribution in [-0.2, 0) is 0 Å². The number of hydrogen-bond acceptors (Lipinski definition) is 2. The smallest absolute Gasteiger partial charge is 0.254 e. The lowest BCUT2D eigenvalue weighted by molar-refractivity contribution is 0.0830. The van der Waals surface area contributed by atoms with E-state index in [0.717, 1.165) is 11.1 Å². The largest absolute Gasteiger partial charge is 0.350 e. The van der Waals surface area contributed by atoms with E-state index in [-0.39, 0.29) is 5.69 Å². The molecule has 2 nitrogen and oxygen atoms in total. The summed E-state index contributed by atoms with van der Waals surface area (Å²) in [6.07, 6.45) is 1.45. The number of aromatic nitrogens is 1. The molecule has 2 rings (SSSR count). The van der Waals surface area contributed by atoms with E-state index in [1.165, 1.54) is 12.3 Å². The van der Waals surface area contributed by atoms with E-state index in [0.29, 0.717) is 5.02 Å². The number of pyridine rings is 1. The molecular formula is C12H7ClFNO. The zero-order chi connectivity index (χ0) is 11.5. The lowest BCUT2D eigenvalue weighted by Gasteiger charge is -2.01. The second-order valence-electron chi connectivity index (χ2n) is 3.21. The Kier molecular flexibility index (Phi) is 2.97. The minimum Gasteiger partial charge on any atom is -0.254 e. The van der Waals surface area contributed by atoms with Gasteiger partial charge in [0.2, 0.25) is 0 Å². The molecule has 1 aromatic heterocycles. The summed E-state index contributed by atoms with van der Waals surface area (Å²) < 4.78 is 12.3. The third-order valence-corrected chi connectivity index (χ3v) is 2.39. The van der Waals surface area contributed by atoms with E-state index in [4.69, 9.17) is 11.6 Å². The summed E-state index contributed by atoms with van der Waals surface area (Å²) in [5, 5.41) is 0.646. The van der Waals surface area contributed by atoms with Gasteiger partial charge in [-0.3, -0.25) is 4.79 Å². The molecule has 0 amide bonds. The van der Waals surface area contributed by atoms with Gasteiger partial charge in [0.05, 0.1) is 0 Å². The Morgan fingerprint density at radius 3 is 2.19 bits per heavy atom. The van der Waals surface area contributed by atoms with Crippen LogP contribution in [0.4, 0.5) is 4.39 Å².